The first-order valence-electron chi connectivity index (χ1n) is 7.68. The summed E-state index contributed by atoms with van der Waals surface area (Å²) in [4.78, 5) is 0. The van der Waals surface area contributed by atoms with Crippen molar-refractivity contribution < 1.29 is 17.9 Å². The SMILES string of the molecule is CCCC(C)(OC(C)=CC(F)(F)F)C1CC2CCC1C2. The summed E-state index contributed by atoms with van der Waals surface area (Å²) in [6.45, 7) is 5.50. The Balaban J connectivity index is 2.11. The molecule has 1 nitrogen and oxygen atoms in total. The molecular weight excluding hydrogens is 265 g/mol. The van der Waals surface area contributed by atoms with E-state index < -0.39 is 11.8 Å². The quantitative estimate of drug-likeness (QED) is 0.610. The van der Waals surface area contributed by atoms with Gasteiger partial charge in [0.15, 0.2) is 0 Å². The number of allylic oxidation sites excluding steroid dienone is 2. The van der Waals surface area contributed by atoms with E-state index in [4.69, 9.17) is 4.74 Å². The van der Waals surface area contributed by atoms with Crippen LogP contribution in [-0.4, -0.2) is 11.8 Å². The minimum Gasteiger partial charge on any atom is -0.492 e. The van der Waals surface area contributed by atoms with Crippen LogP contribution in [0.3, 0.4) is 0 Å². The van der Waals surface area contributed by atoms with Crippen LogP contribution in [0, 0.1) is 17.8 Å². The van der Waals surface area contributed by atoms with Crippen LogP contribution in [0.5, 0.6) is 0 Å². The molecule has 2 bridgehead atoms. The Morgan fingerprint density at radius 2 is 1.95 bits per heavy atom. The van der Waals surface area contributed by atoms with Crippen molar-refractivity contribution in [3.63, 3.8) is 0 Å². The van der Waals surface area contributed by atoms with Crippen molar-refractivity contribution in [2.24, 2.45) is 17.8 Å². The molecule has 2 aliphatic rings. The number of fused-ring (bicyclic) bond motifs is 2. The van der Waals surface area contributed by atoms with Gasteiger partial charge in [0.1, 0.15) is 5.60 Å². The first-order valence-corrected chi connectivity index (χ1v) is 7.68. The smallest absolute Gasteiger partial charge is 0.412 e. The van der Waals surface area contributed by atoms with Gasteiger partial charge in [0, 0.05) is 5.92 Å². The monoisotopic (exact) mass is 290 g/mol. The van der Waals surface area contributed by atoms with E-state index in [1.165, 1.54) is 26.2 Å². The van der Waals surface area contributed by atoms with Crippen molar-refractivity contribution in [3.05, 3.63) is 11.8 Å². The molecule has 2 saturated carbocycles. The highest BCUT2D eigenvalue weighted by molar-refractivity contribution is 5.03. The van der Waals surface area contributed by atoms with Gasteiger partial charge < -0.3 is 4.74 Å². The molecule has 0 N–H and O–H groups in total. The second-order valence-electron chi connectivity index (χ2n) is 6.74. The van der Waals surface area contributed by atoms with E-state index in [1.54, 1.807) is 0 Å². The van der Waals surface area contributed by atoms with E-state index >= 15 is 0 Å². The summed E-state index contributed by atoms with van der Waals surface area (Å²) in [6, 6.07) is 0. The van der Waals surface area contributed by atoms with Crippen molar-refractivity contribution in [2.45, 2.75) is 71.1 Å². The minimum absolute atomic E-state index is 0.00350. The molecule has 0 amide bonds. The first kappa shape index (κ1) is 15.7. The third kappa shape index (κ3) is 3.50. The predicted molar refractivity (Wildman–Crippen MR) is 73.1 cm³/mol. The fourth-order valence-electron chi connectivity index (χ4n) is 4.43. The molecule has 2 fully saturated rings. The molecule has 0 spiro atoms. The van der Waals surface area contributed by atoms with Crippen LogP contribution in [0.4, 0.5) is 13.2 Å². The molecule has 0 saturated heterocycles. The Hall–Kier alpha value is -0.670. The summed E-state index contributed by atoms with van der Waals surface area (Å²) < 4.78 is 43.1. The topological polar surface area (TPSA) is 9.23 Å². The Morgan fingerprint density at radius 3 is 2.40 bits per heavy atom. The number of hydrogen-bond acceptors (Lipinski definition) is 1. The van der Waals surface area contributed by atoms with Gasteiger partial charge in [-0.25, -0.2) is 0 Å². The third-order valence-corrected chi connectivity index (χ3v) is 5.03. The lowest BCUT2D eigenvalue weighted by atomic mass is 9.75. The Bertz CT molecular complexity index is 374. The van der Waals surface area contributed by atoms with Gasteiger partial charge in [0.05, 0.1) is 11.8 Å². The highest BCUT2D eigenvalue weighted by atomic mass is 19.4. The summed E-state index contributed by atoms with van der Waals surface area (Å²) in [5.74, 6) is 1.83. The molecular formula is C16H25F3O. The van der Waals surface area contributed by atoms with Crippen molar-refractivity contribution in [1.29, 1.82) is 0 Å². The zero-order chi connectivity index (χ0) is 15.0. The van der Waals surface area contributed by atoms with E-state index in [1.807, 2.05) is 6.92 Å². The van der Waals surface area contributed by atoms with Crippen molar-refractivity contribution in [1.82, 2.24) is 0 Å². The molecule has 0 aromatic rings. The highest BCUT2D eigenvalue weighted by Gasteiger charge is 2.49. The maximum absolute atomic E-state index is 12.4. The average molecular weight is 290 g/mol. The number of alkyl halides is 3. The summed E-state index contributed by atoms with van der Waals surface area (Å²) >= 11 is 0. The molecule has 0 aromatic heterocycles. The summed E-state index contributed by atoms with van der Waals surface area (Å²) in [6.07, 6.45) is 2.63. The summed E-state index contributed by atoms with van der Waals surface area (Å²) in [7, 11) is 0. The molecule has 2 aliphatic carbocycles. The van der Waals surface area contributed by atoms with E-state index in [-0.39, 0.29) is 11.8 Å². The van der Waals surface area contributed by atoms with Gasteiger partial charge in [-0.1, -0.05) is 19.8 Å². The lowest BCUT2D eigenvalue weighted by Gasteiger charge is -2.41. The standard InChI is InChI=1S/C16H25F3O/c1-4-7-15(3,20-11(2)10-16(17,18)19)14-9-12-5-6-13(14)8-12/h10,12-14H,4-9H2,1-3H3. The van der Waals surface area contributed by atoms with Crippen molar-refractivity contribution >= 4 is 0 Å². The van der Waals surface area contributed by atoms with Crippen LogP contribution in [0.15, 0.2) is 11.8 Å². The van der Waals surface area contributed by atoms with Crippen molar-refractivity contribution in [3.8, 4) is 0 Å². The van der Waals surface area contributed by atoms with Gasteiger partial charge in [-0.2, -0.15) is 13.2 Å². The first-order chi connectivity index (χ1) is 9.23. The maximum atomic E-state index is 12.4. The Labute approximate surface area is 119 Å². The molecule has 0 aliphatic heterocycles. The predicted octanol–water partition coefficient (Wildman–Crippen LogP) is 5.46. The Kier molecular flexibility index (Phi) is 4.41. The molecule has 4 heteroatoms. The zero-order valence-corrected chi connectivity index (χ0v) is 12.6. The second kappa shape index (κ2) is 5.61. The molecule has 116 valence electrons. The summed E-state index contributed by atoms with van der Waals surface area (Å²) in [5.41, 5.74) is -0.444. The molecule has 2 rings (SSSR count). The summed E-state index contributed by atoms with van der Waals surface area (Å²) in [5, 5.41) is 0. The van der Waals surface area contributed by atoms with Crippen LogP contribution in [0.1, 0.15) is 59.3 Å². The van der Waals surface area contributed by atoms with Gasteiger partial charge in [-0.3, -0.25) is 0 Å². The largest absolute Gasteiger partial charge is 0.492 e. The highest BCUT2D eigenvalue weighted by Crippen LogP contribution is 2.54. The average Bonchev–Trinajstić information content (AvgIpc) is 2.87. The van der Waals surface area contributed by atoms with Gasteiger partial charge in [-0.05, 0) is 51.4 Å². The normalized spacial score (nSPS) is 33.3. The van der Waals surface area contributed by atoms with Gasteiger partial charge >= 0.3 is 6.18 Å². The van der Waals surface area contributed by atoms with Crippen LogP contribution in [0.2, 0.25) is 0 Å². The van der Waals surface area contributed by atoms with Crippen molar-refractivity contribution in [2.75, 3.05) is 0 Å². The van der Waals surface area contributed by atoms with E-state index in [9.17, 15) is 13.2 Å². The lowest BCUT2D eigenvalue weighted by Crippen LogP contribution is -2.40. The lowest BCUT2D eigenvalue weighted by molar-refractivity contribution is -0.0932. The van der Waals surface area contributed by atoms with Gasteiger partial charge in [-0.15, -0.1) is 0 Å². The van der Waals surface area contributed by atoms with Crippen LogP contribution < -0.4 is 0 Å². The zero-order valence-electron chi connectivity index (χ0n) is 12.6. The Morgan fingerprint density at radius 1 is 1.25 bits per heavy atom. The van der Waals surface area contributed by atoms with E-state index in [2.05, 4.69) is 6.92 Å². The molecule has 20 heavy (non-hydrogen) atoms. The number of halogens is 3. The van der Waals surface area contributed by atoms with E-state index in [0.29, 0.717) is 11.8 Å². The molecule has 0 heterocycles. The van der Waals surface area contributed by atoms with Crippen LogP contribution in [0.25, 0.3) is 0 Å². The fraction of sp³-hybridized carbons (Fsp3) is 0.875. The van der Waals surface area contributed by atoms with Crippen LogP contribution >= 0.6 is 0 Å². The second-order valence-corrected chi connectivity index (χ2v) is 6.74. The van der Waals surface area contributed by atoms with E-state index in [0.717, 1.165) is 25.2 Å². The van der Waals surface area contributed by atoms with Gasteiger partial charge in [0.2, 0.25) is 0 Å². The maximum Gasteiger partial charge on any atom is 0.412 e. The molecule has 4 atom stereocenters. The number of rotatable bonds is 5. The molecule has 4 unspecified atom stereocenters. The fourth-order valence-corrected chi connectivity index (χ4v) is 4.43. The number of ether oxygens (including phenoxy) is 1. The third-order valence-electron chi connectivity index (χ3n) is 5.03. The number of hydrogen-bond donors (Lipinski definition) is 0. The van der Waals surface area contributed by atoms with Crippen LogP contribution in [-0.2, 0) is 4.74 Å². The van der Waals surface area contributed by atoms with Gasteiger partial charge in [0.25, 0.3) is 0 Å². The molecule has 0 aromatic carbocycles. The minimum atomic E-state index is -4.30. The molecule has 0 radical (unpaired) electrons.